The van der Waals surface area contributed by atoms with Crippen molar-refractivity contribution in [2.75, 3.05) is 6.61 Å². The summed E-state index contributed by atoms with van der Waals surface area (Å²) in [5, 5.41) is 3.57. The Kier molecular flexibility index (Phi) is 1.10. The molecule has 0 aliphatic carbocycles. The average molecular weight is 150 g/mol. The highest BCUT2D eigenvalue weighted by molar-refractivity contribution is 9.18. The lowest BCUT2D eigenvalue weighted by atomic mass is 10.5. The zero-order valence-electron chi connectivity index (χ0n) is 3.15. The van der Waals surface area contributed by atoms with Crippen molar-refractivity contribution in [2.45, 2.75) is 6.42 Å². The number of nitrogens with zero attached hydrogens (tertiary/aromatic N) is 1. The molecule has 1 rings (SSSR count). The molecule has 0 atom stereocenters. The molecule has 2 nitrogen and oxygen atoms in total. The Morgan fingerprint density at radius 2 is 2.67 bits per heavy atom. The Bertz CT molecular complexity index is 80.9. The smallest absolute Gasteiger partial charge is 0.126 e. The highest BCUT2D eigenvalue weighted by Crippen LogP contribution is 2.03. The van der Waals surface area contributed by atoms with E-state index in [4.69, 9.17) is 0 Å². The highest BCUT2D eigenvalue weighted by Gasteiger charge is 2.00. The van der Waals surface area contributed by atoms with E-state index in [2.05, 4.69) is 25.9 Å². The SMILES string of the molecule is BrC1=NOCC1. The normalized spacial score (nSPS) is 19.8. The van der Waals surface area contributed by atoms with Crippen molar-refractivity contribution in [1.29, 1.82) is 0 Å². The van der Waals surface area contributed by atoms with Crippen molar-refractivity contribution in [3.8, 4) is 0 Å². The fraction of sp³-hybridized carbons (Fsp3) is 0.667. The van der Waals surface area contributed by atoms with Crippen LogP contribution in [-0.4, -0.2) is 11.2 Å². The van der Waals surface area contributed by atoms with Gasteiger partial charge in [-0.2, -0.15) is 0 Å². The maximum absolute atomic E-state index is 4.60. The molecule has 1 heterocycles. The first-order chi connectivity index (χ1) is 2.89. The average Bonchev–Trinajstić information content (AvgIpc) is 1.86. The third-order valence-electron chi connectivity index (χ3n) is 0.563. The van der Waals surface area contributed by atoms with Crippen LogP contribution in [-0.2, 0) is 4.84 Å². The number of oxime groups is 1. The predicted octanol–water partition coefficient (Wildman–Crippen LogP) is 1.12. The Balaban J connectivity index is 2.45. The van der Waals surface area contributed by atoms with Gasteiger partial charge in [0, 0.05) is 6.42 Å². The van der Waals surface area contributed by atoms with Gasteiger partial charge < -0.3 is 4.84 Å². The van der Waals surface area contributed by atoms with Crippen molar-refractivity contribution in [1.82, 2.24) is 0 Å². The molecule has 0 saturated carbocycles. The van der Waals surface area contributed by atoms with Gasteiger partial charge in [-0.15, -0.1) is 0 Å². The molecule has 0 aromatic rings. The molecule has 0 spiro atoms. The third-order valence-corrected chi connectivity index (χ3v) is 1.10. The van der Waals surface area contributed by atoms with Crippen LogP contribution in [0.1, 0.15) is 6.42 Å². The van der Waals surface area contributed by atoms with Crippen LogP contribution >= 0.6 is 15.9 Å². The van der Waals surface area contributed by atoms with Crippen LogP contribution in [0.3, 0.4) is 0 Å². The summed E-state index contributed by atoms with van der Waals surface area (Å²) in [5.74, 6) is 0. The minimum absolute atomic E-state index is 0.737. The molecule has 1 aliphatic rings. The second kappa shape index (κ2) is 1.60. The number of hydrogen-bond acceptors (Lipinski definition) is 2. The van der Waals surface area contributed by atoms with E-state index in [1.54, 1.807) is 0 Å². The first-order valence-electron chi connectivity index (χ1n) is 1.74. The van der Waals surface area contributed by atoms with Crippen molar-refractivity contribution in [3.63, 3.8) is 0 Å². The van der Waals surface area contributed by atoms with Gasteiger partial charge in [0.2, 0.25) is 0 Å². The quantitative estimate of drug-likeness (QED) is 0.506. The molecule has 0 radical (unpaired) electrons. The second-order valence-electron chi connectivity index (χ2n) is 1.05. The van der Waals surface area contributed by atoms with E-state index in [1.165, 1.54) is 0 Å². The summed E-state index contributed by atoms with van der Waals surface area (Å²) in [4.78, 5) is 4.60. The minimum Gasteiger partial charge on any atom is -0.395 e. The molecule has 0 amide bonds. The summed E-state index contributed by atoms with van der Waals surface area (Å²) < 4.78 is 0.919. The molecule has 0 saturated heterocycles. The van der Waals surface area contributed by atoms with Gasteiger partial charge in [0.15, 0.2) is 0 Å². The van der Waals surface area contributed by atoms with Crippen molar-refractivity contribution in [3.05, 3.63) is 0 Å². The van der Waals surface area contributed by atoms with E-state index in [0.29, 0.717) is 0 Å². The number of rotatable bonds is 0. The number of halogens is 1. The van der Waals surface area contributed by atoms with E-state index < -0.39 is 0 Å². The molecule has 0 aromatic carbocycles. The van der Waals surface area contributed by atoms with E-state index in [0.717, 1.165) is 17.6 Å². The van der Waals surface area contributed by atoms with Crippen LogP contribution in [0, 0.1) is 0 Å². The van der Waals surface area contributed by atoms with Crippen LogP contribution in [0.25, 0.3) is 0 Å². The largest absolute Gasteiger partial charge is 0.395 e. The van der Waals surface area contributed by atoms with Gasteiger partial charge in [0.25, 0.3) is 0 Å². The Labute approximate surface area is 44.3 Å². The summed E-state index contributed by atoms with van der Waals surface area (Å²) in [6, 6.07) is 0. The molecule has 0 fully saturated rings. The van der Waals surface area contributed by atoms with Gasteiger partial charge in [-0.1, -0.05) is 5.16 Å². The summed E-state index contributed by atoms with van der Waals surface area (Å²) in [6.45, 7) is 0.737. The van der Waals surface area contributed by atoms with Gasteiger partial charge in [-0.25, -0.2) is 0 Å². The lowest BCUT2D eigenvalue weighted by Gasteiger charge is -1.75. The van der Waals surface area contributed by atoms with E-state index in [-0.39, 0.29) is 0 Å². The van der Waals surface area contributed by atoms with Crippen LogP contribution in [0.15, 0.2) is 5.16 Å². The Morgan fingerprint density at radius 1 is 1.83 bits per heavy atom. The standard InChI is InChI=1S/C3H4BrNO/c4-3-1-2-6-5-3/h1-2H2. The first-order valence-corrected chi connectivity index (χ1v) is 2.53. The van der Waals surface area contributed by atoms with Gasteiger partial charge >= 0.3 is 0 Å². The second-order valence-corrected chi connectivity index (χ2v) is 1.97. The zero-order chi connectivity index (χ0) is 4.41. The summed E-state index contributed by atoms with van der Waals surface area (Å²) >= 11 is 3.16. The molecule has 0 unspecified atom stereocenters. The molecule has 34 valence electrons. The van der Waals surface area contributed by atoms with Gasteiger partial charge in [-0.05, 0) is 15.9 Å². The van der Waals surface area contributed by atoms with Crippen LogP contribution < -0.4 is 0 Å². The van der Waals surface area contributed by atoms with Crippen molar-refractivity contribution < 1.29 is 4.84 Å². The molecule has 1 aliphatic heterocycles. The van der Waals surface area contributed by atoms with Crippen LogP contribution in [0.5, 0.6) is 0 Å². The lowest BCUT2D eigenvalue weighted by molar-refractivity contribution is 0.174. The monoisotopic (exact) mass is 149 g/mol. The molecular formula is C3H4BrNO. The summed E-state index contributed by atoms with van der Waals surface area (Å²) in [7, 11) is 0. The molecular weight excluding hydrogens is 146 g/mol. The van der Waals surface area contributed by atoms with Gasteiger partial charge in [-0.3, -0.25) is 0 Å². The van der Waals surface area contributed by atoms with Gasteiger partial charge in [0.1, 0.15) is 11.2 Å². The van der Waals surface area contributed by atoms with Crippen LogP contribution in [0.4, 0.5) is 0 Å². The van der Waals surface area contributed by atoms with Crippen LogP contribution in [0.2, 0.25) is 0 Å². The minimum atomic E-state index is 0.737. The Hall–Kier alpha value is -0.0500. The fourth-order valence-corrected chi connectivity index (χ4v) is 0.555. The van der Waals surface area contributed by atoms with E-state index in [1.807, 2.05) is 0 Å². The first kappa shape index (κ1) is 4.12. The van der Waals surface area contributed by atoms with E-state index in [9.17, 15) is 0 Å². The molecule has 0 aromatic heterocycles. The maximum atomic E-state index is 4.60. The Morgan fingerprint density at radius 3 is 2.83 bits per heavy atom. The summed E-state index contributed by atoms with van der Waals surface area (Å²) in [5.41, 5.74) is 0. The topological polar surface area (TPSA) is 21.6 Å². The predicted molar refractivity (Wildman–Crippen MR) is 26.9 cm³/mol. The van der Waals surface area contributed by atoms with Crippen molar-refractivity contribution >= 4 is 20.6 Å². The molecule has 0 N–H and O–H groups in total. The number of hydrogen-bond donors (Lipinski definition) is 0. The fourth-order valence-electron chi connectivity index (χ4n) is 0.291. The van der Waals surface area contributed by atoms with E-state index >= 15 is 0 Å². The van der Waals surface area contributed by atoms with Gasteiger partial charge in [0.05, 0.1) is 0 Å². The lowest BCUT2D eigenvalue weighted by Crippen LogP contribution is -1.77. The highest BCUT2D eigenvalue weighted by atomic mass is 79.9. The van der Waals surface area contributed by atoms with Crippen molar-refractivity contribution in [2.24, 2.45) is 5.16 Å². The molecule has 3 heteroatoms. The third kappa shape index (κ3) is 0.712. The molecule has 6 heavy (non-hydrogen) atoms. The summed E-state index contributed by atoms with van der Waals surface area (Å²) in [6.07, 6.45) is 0.931. The zero-order valence-corrected chi connectivity index (χ0v) is 4.73. The molecule has 0 bridgehead atoms. The maximum Gasteiger partial charge on any atom is 0.126 e.